The Labute approximate surface area is 211 Å². The molecule has 8 heteroatoms. The average Bonchev–Trinajstić information content (AvgIpc) is 2.78. The highest BCUT2D eigenvalue weighted by molar-refractivity contribution is 7.87. The second-order valence-corrected chi connectivity index (χ2v) is 11.9. The van der Waals surface area contributed by atoms with E-state index in [-0.39, 0.29) is 22.3 Å². The molecule has 35 heavy (non-hydrogen) atoms. The molecule has 2 aliphatic heterocycles. The first-order valence-corrected chi connectivity index (χ1v) is 13.3. The van der Waals surface area contributed by atoms with Crippen LogP contribution in [0.15, 0.2) is 77.7 Å². The number of aryl methyl sites for hydroxylation is 1. The zero-order chi connectivity index (χ0) is 24.8. The van der Waals surface area contributed by atoms with Gasteiger partial charge in [0.1, 0.15) is 22.5 Å². The molecule has 2 heterocycles. The monoisotopic (exact) mass is 508 g/mol. The average molecular weight is 509 g/mol. The highest BCUT2D eigenvalue weighted by atomic mass is 32.2. The quantitative estimate of drug-likeness (QED) is 0.374. The molecule has 2 N–H and O–H groups in total. The maximum Gasteiger partial charge on any atom is 0.339 e. The fraction of sp³-hybridized carbons (Fsp3) is 0.296. The zero-order valence-electron chi connectivity index (χ0n) is 19.9. The number of hydrogen-bond acceptors (Lipinski definition) is 5. The summed E-state index contributed by atoms with van der Waals surface area (Å²) in [5, 5.41) is 7.46. The van der Waals surface area contributed by atoms with Gasteiger partial charge in [-0.05, 0) is 69.2 Å². The van der Waals surface area contributed by atoms with Gasteiger partial charge in [-0.15, -0.1) is 0 Å². The number of hydrogen-bond donors (Lipinski definition) is 2. The molecular formula is C27H28N2O4S2. The van der Waals surface area contributed by atoms with Crippen LogP contribution in [-0.2, 0) is 15.7 Å². The Bertz CT molecular complexity index is 1370. The Morgan fingerprint density at radius 1 is 1.00 bits per heavy atom. The molecule has 0 saturated carbocycles. The molecule has 2 atom stereocenters. The lowest BCUT2D eigenvalue weighted by atomic mass is 9.72. The van der Waals surface area contributed by atoms with Gasteiger partial charge in [0.25, 0.3) is 0 Å². The summed E-state index contributed by atoms with van der Waals surface area (Å²) in [7, 11) is -3.98. The SMILES string of the molecule is Cc1ccc(S(=O)(=O)Oc2ccc3c(c2)O[C@H](c2ccccc2)C[C@@]32CC(C)(C)NC(=S)N2)cc1. The smallest absolute Gasteiger partial charge is 0.339 e. The van der Waals surface area contributed by atoms with Crippen LogP contribution in [0.2, 0.25) is 0 Å². The van der Waals surface area contributed by atoms with E-state index in [1.807, 2.05) is 43.3 Å². The molecular weight excluding hydrogens is 480 g/mol. The predicted molar refractivity (Wildman–Crippen MR) is 139 cm³/mol. The van der Waals surface area contributed by atoms with Gasteiger partial charge in [0, 0.05) is 23.6 Å². The van der Waals surface area contributed by atoms with Gasteiger partial charge >= 0.3 is 10.1 Å². The van der Waals surface area contributed by atoms with Gasteiger partial charge in [-0.1, -0.05) is 48.0 Å². The van der Waals surface area contributed by atoms with Gasteiger partial charge < -0.3 is 19.6 Å². The third-order valence-electron chi connectivity index (χ3n) is 6.51. The number of fused-ring (bicyclic) bond motifs is 2. The first-order chi connectivity index (χ1) is 16.6. The molecule has 2 aliphatic rings. The second-order valence-electron chi connectivity index (χ2n) is 9.95. The minimum absolute atomic E-state index is 0.104. The topological polar surface area (TPSA) is 76.7 Å². The van der Waals surface area contributed by atoms with Crippen LogP contribution in [0.4, 0.5) is 0 Å². The Kier molecular flexibility index (Phi) is 5.76. The fourth-order valence-electron chi connectivity index (χ4n) is 5.09. The van der Waals surface area contributed by atoms with E-state index in [1.165, 1.54) is 0 Å². The first-order valence-electron chi connectivity index (χ1n) is 11.5. The number of rotatable bonds is 4. The van der Waals surface area contributed by atoms with Crippen molar-refractivity contribution in [2.24, 2.45) is 0 Å². The van der Waals surface area contributed by atoms with E-state index < -0.39 is 15.7 Å². The van der Waals surface area contributed by atoms with Gasteiger partial charge in [0.2, 0.25) is 0 Å². The molecule has 0 unspecified atom stereocenters. The minimum Gasteiger partial charge on any atom is -0.485 e. The van der Waals surface area contributed by atoms with Crippen molar-refractivity contribution < 1.29 is 17.3 Å². The lowest BCUT2D eigenvalue weighted by Gasteiger charge is -2.51. The van der Waals surface area contributed by atoms with E-state index in [0.29, 0.717) is 17.3 Å². The van der Waals surface area contributed by atoms with Gasteiger partial charge in [0.15, 0.2) is 5.11 Å². The molecule has 0 radical (unpaired) electrons. The van der Waals surface area contributed by atoms with Crippen molar-refractivity contribution in [2.45, 2.75) is 55.7 Å². The van der Waals surface area contributed by atoms with Crippen molar-refractivity contribution in [3.05, 3.63) is 89.5 Å². The van der Waals surface area contributed by atoms with Crippen LogP contribution in [0.25, 0.3) is 0 Å². The number of thiocarbonyl (C=S) groups is 1. The maximum absolute atomic E-state index is 12.9. The normalized spacial score (nSPS) is 22.9. The second kappa shape index (κ2) is 8.53. The molecule has 1 saturated heterocycles. The molecule has 3 aromatic rings. The van der Waals surface area contributed by atoms with Crippen LogP contribution < -0.4 is 19.6 Å². The molecule has 0 aromatic heterocycles. The third kappa shape index (κ3) is 4.73. The number of ether oxygens (including phenoxy) is 1. The molecule has 6 nitrogen and oxygen atoms in total. The van der Waals surface area contributed by atoms with Crippen molar-refractivity contribution >= 4 is 27.4 Å². The number of nitrogens with one attached hydrogen (secondary N) is 2. The molecule has 3 aromatic carbocycles. The van der Waals surface area contributed by atoms with E-state index in [4.69, 9.17) is 21.1 Å². The van der Waals surface area contributed by atoms with E-state index in [9.17, 15) is 8.42 Å². The van der Waals surface area contributed by atoms with E-state index >= 15 is 0 Å². The summed E-state index contributed by atoms with van der Waals surface area (Å²) in [5.41, 5.74) is 2.23. The third-order valence-corrected chi connectivity index (χ3v) is 7.97. The van der Waals surface area contributed by atoms with Crippen LogP contribution in [0.3, 0.4) is 0 Å². The van der Waals surface area contributed by atoms with Crippen LogP contribution in [0, 0.1) is 6.92 Å². The zero-order valence-corrected chi connectivity index (χ0v) is 21.5. The first kappa shape index (κ1) is 23.6. The summed E-state index contributed by atoms with van der Waals surface area (Å²) in [6.45, 7) is 6.15. The van der Waals surface area contributed by atoms with E-state index in [0.717, 1.165) is 23.1 Å². The van der Waals surface area contributed by atoms with Gasteiger partial charge in [0.05, 0.1) is 5.54 Å². The van der Waals surface area contributed by atoms with Crippen molar-refractivity contribution in [3.8, 4) is 11.5 Å². The Morgan fingerprint density at radius 3 is 2.40 bits per heavy atom. The van der Waals surface area contributed by atoms with E-state index in [1.54, 1.807) is 36.4 Å². The fourth-order valence-corrected chi connectivity index (χ4v) is 6.48. The summed E-state index contributed by atoms with van der Waals surface area (Å²) < 4.78 is 37.7. The Balaban J connectivity index is 1.55. The Morgan fingerprint density at radius 2 is 1.71 bits per heavy atom. The van der Waals surface area contributed by atoms with Crippen molar-refractivity contribution in [3.63, 3.8) is 0 Å². The van der Waals surface area contributed by atoms with Gasteiger partial charge in [-0.3, -0.25) is 0 Å². The molecule has 182 valence electrons. The highest BCUT2D eigenvalue weighted by Gasteiger charge is 2.49. The highest BCUT2D eigenvalue weighted by Crippen LogP contribution is 2.50. The molecule has 1 fully saturated rings. The summed E-state index contributed by atoms with van der Waals surface area (Å²) in [4.78, 5) is 0.104. The lowest BCUT2D eigenvalue weighted by molar-refractivity contribution is 0.0871. The molecule has 0 amide bonds. The summed E-state index contributed by atoms with van der Waals surface area (Å²) in [5.74, 6) is 0.777. The van der Waals surface area contributed by atoms with Crippen LogP contribution in [0.1, 0.15) is 49.5 Å². The Hall–Kier alpha value is -3.10. The van der Waals surface area contributed by atoms with Gasteiger partial charge in [-0.25, -0.2) is 0 Å². The summed E-state index contributed by atoms with van der Waals surface area (Å²) in [6.07, 6.45) is 1.20. The van der Waals surface area contributed by atoms with Crippen LogP contribution >= 0.6 is 12.2 Å². The van der Waals surface area contributed by atoms with Crippen molar-refractivity contribution in [1.29, 1.82) is 0 Å². The number of benzene rings is 3. The minimum atomic E-state index is -3.98. The van der Waals surface area contributed by atoms with Gasteiger partial charge in [-0.2, -0.15) is 8.42 Å². The van der Waals surface area contributed by atoms with E-state index in [2.05, 4.69) is 24.5 Å². The predicted octanol–water partition coefficient (Wildman–Crippen LogP) is 5.13. The molecule has 0 aliphatic carbocycles. The maximum atomic E-state index is 12.9. The van der Waals surface area contributed by atoms with Crippen LogP contribution in [-0.4, -0.2) is 19.1 Å². The van der Waals surface area contributed by atoms with Crippen LogP contribution in [0.5, 0.6) is 11.5 Å². The largest absolute Gasteiger partial charge is 0.485 e. The van der Waals surface area contributed by atoms with Crippen molar-refractivity contribution in [1.82, 2.24) is 10.6 Å². The molecule has 1 spiro atoms. The standard InChI is InChI=1S/C27H28N2O4S2/c1-18-9-12-21(13-10-18)35(30,31)33-20-11-14-22-23(15-20)32-24(19-7-5-4-6-8-19)16-27(22)17-26(2,3)28-25(34)29-27/h4-15,24H,16-17H2,1-3H3,(H2,28,29,34)/t24-,27+/m0/s1. The lowest BCUT2D eigenvalue weighted by Crippen LogP contribution is -2.65. The summed E-state index contributed by atoms with van der Waals surface area (Å²) in [6, 6.07) is 21.8. The summed E-state index contributed by atoms with van der Waals surface area (Å²) >= 11 is 5.59. The molecule has 5 rings (SSSR count). The molecule has 0 bridgehead atoms. The van der Waals surface area contributed by atoms with Crippen molar-refractivity contribution in [2.75, 3.05) is 0 Å².